The molecule has 3 N–H and O–H groups in total. The van der Waals surface area contributed by atoms with E-state index in [1.165, 1.54) is 238 Å². The zero-order valence-electron chi connectivity index (χ0n) is 45.6. The van der Waals surface area contributed by atoms with Gasteiger partial charge >= 0.3 is 5.97 Å². The summed E-state index contributed by atoms with van der Waals surface area (Å²) in [6.07, 6.45) is 71.6. The predicted molar refractivity (Wildman–Crippen MR) is 296 cm³/mol. The molecule has 0 rings (SSSR count). The molecule has 0 aliphatic rings. The number of carbonyl (C=O) groups is 2. The third kappa shape index (κ3) is 53.4. The fourth-order valence-electron chi connectivity index (χ4n) is 9.25. The van der Waals surface area contributed by atoms with Crippen LogP contribution in [0.2, 0.25) is 0 Å². The van der Waals surface area contributed by atoms with Crippen molar-refractivity contribution in [3.63, 3.8) is 0 Å². The molecule has 6 nitrogen and oxygen atoms in total. The van der Waals surface area contributed by atoms with Gasteiger partial charge in [-0.2, -0.15) is 0 Å². The molecule has 0 radical (unpaired) electrons. The molecule has 0 heterocycles. The van der Waals surface area contributed by atoms with Crippen LogP contribution in [0.15, 0.2) is 36.5 Å². The number of aliphatic hydroxyl groups is 2. The third-order valence-corrected chi connectivity index (χ3v) is 13.9. The number of ether oxygens (including phenoxy) is 1. The molecule has 0 saturated heterocycles. The Morgan fingerprint density at radius 2 is 0.735 bits per heavy atom. The van der Waals surface area contributed by atoms with Crippen LogP contribution < -0.4 is 5.32 Å². The molecule has 0 aliphatic carbocycles. The van der Waals surface area contributed by atoms with E-state index in [2.05, 4.69) is 55.6 Å². The van der Waals surface area contributed by atoms with Crippen LogP contribution in [0.4, 0.5) is 0 Å². The number of carbonyl (C=O) groups excluding carboxylic acids is 2. The number of nitrogens with one attached hydrogen (secondary N) is 1. The van der Waals surface area contributed by atoms with Crippen molar-refractivity contribution in [2.24, 2.45) is 0 Å². The van der Waals surface area contributed by atoms with Crippen LogP contribution in [-0.4, -0.2) is 47.4 Å². The summed E-state index contributed by atoms with van der Waals surface area (Å²) in [6, 6.07) is -0.540. The lowest BCUT2D eigenvalue weighted by molar-refractivity contribution is -0.143. The van der Waals surface area contributed by atoms with E-state index in [1.807, 2.05) is 0 Å². The van der Waals surface area contributed by atoms with Crippen molar-refractivity contribution in [3.8, 4) is 0 Å². The summed E-state index contributed by atoms with van der Waals surface area (Å²) in [5.74, 6) is -0.0372. The van der Waals surface area contributed by atoms with Crippen molar-refractivity contribution in [2.45, 2.75) is 334 Å². The number of unbranched alkanes of at least 4 members (excludes halogenated alkanes) is 39. The maximum atomic E-state index is 12.4. The molecule has 400 valence electrons. The first-order chi connectivity index (χ1) is 33.5. The number of allylic oxidation sites excluding steroid dienone is 6. The lowest BCUT2D eigenvalue weighted by Crippen LogP contribution is -2.45. The minimum atomic E-state index is -0.662. The first-order valence-corrected chi connectivity index (χ1v) is 30.2. The highest BCUT2D eigenvalue weighted by molar-refractivity contribution is 5.76. The van der Waals surface area contributed by atoms with E-state index in [0.717, 1.165) is 51.4 Å². The zero-order chi connectivity index (χ0) is 49.3. The molecule has 0 aromatic rings. The molecule has 2 unspecified atom stereocenters. The van der Waals surface area contributed by atoms with Gasteiger partial charge in [-0.3, -0.25) is 9.59 Å². The van der Waals surface area contributed by atoms with Gasteiger partial charge in [0.25, 0.3) is 0 Å². The summed E-state index contributed by atoms with van der Waals surface area (Å²) in [7, 11) is 0. The topological polar surface area (TPSA) is 95.9 Å². The van der Waals surface area contributed by atoms with E-state index < -0.39 is 12.1 Å². The highest BCUT2D eigenvalue weighted by Crippen LogP contribution is 2.17. The van der Waals surface area contributed by atoms with E-state index in [1.54, 1.807) is 0 Å². The largest absolute Gasteiger partial charge is 0.466 e. The van der Waals surface area contributed by atoms with Crippen LogP contribution in [0.3, 0.4) is 0 Å². The SMILES string of the molecule is CCCCC/C=C\C/C=C\CCCCCCCC(=O)OCCCCCCCCCCCCCC/C=C\CCCCCCCCCCCCCC(=O)NC(CO)C(O)CCCCCCCCCCC. The van der Waals surface area contributed by atoms with Crippen LogP contribution >= 0.6 is 0 Å². The molecule has 2 atom stereocenters. The van der Waals surface area contributed by atoms with Gasteiger partial charge in [0.2, 0.25) is 5.91 Å². The second-order valence-electron chi connectivity index (χ2n) is 20.7. The Hall–Kier alpha value is -1.92. The summed E-state index contributed by atoms with van der Waals surface area (Å²) < 4.78 is 5.48. The highest BCUT2D eigenvalue weighted by Gasteiger charge is 2.20. The normalized spacial score (nSPS) is 12.8. The average molecular weight is 957 g/mol. The van der Waals surface area contributed by atoms with Gasteiger partial charge < -0.3 is 20.3 Å². The zero-order valence-corrected chi connectivity index (χ0v) is 45.6. The van der Waals surface area contributed by atoms with E-state index in [9.17, 15) is 19.8 Å². The number of amides is 1. The second kappa shape index (κ2) is 57.7. The van der Waals surface area contributed by atoms with Gasteiger partial charge in [0.15, 0.2) is 0 Å². The quantitative estimate of drug-likeness (QED) is 0.0321. The van der Waals surface area contributed by atoms with E-state index >= 15 is 0 Å². The lowest BCUT2D eigenvalue weighted by Gasteiger charge is -2.22. The summed E-state index contributed by atoms with van der Waals surface area (Å²) >= 11 is 0. The number of hydrogen-bond acceptors (Lipinski definition) is 5. The second-order valence-corrected chi connectivity index (χ2v) is 20.7. The van der Waals surface area contributed by atoms with Gasteiger partial charge in [-0.15, -0.1) is 0 Å². The Bertz CT molecular complexity index is 1100. The van der Waals surface area contributed by atoms with Crippen LogP contribution in [0, 0.1) is 0 Å². The fraction of sp³-hybridized carbons (Fsp3) is 0.871. The average Bonchev–Trinajstić information content (AvgIpc) is 3.34. The van der Waals surface area contributed by atoms with Gasteiger partial charge in [0.1, 0.15) is 0 Å². The molecule has 0 fully saturated rings. The molecule has 0 saturated carbocycles. The van der Waals surface area contributed by atoms with E-state index in [0.29, 0.717) is 25.9 Å². The van der Waals surface area contributed by atoms with Gasteiger partial charge in [0.05, 0.1) is 25.4 Å². The smallest absolute Gasteiger partial charge is 0.305 e. The number of hydrogen-bond donors (Lipinski definition) is 3. The molecule has 0 bridgehead atoms. The van der Waals surface area contributed by atoms with Crippen molar-refractivity contribution in [1.29, 1.82) is 0 Å². The molecular weight excluding hydrogens is 839 g/mol. The van der Waals surface area contributed by atoms with Crippen LogP contribution in [0.1, 0.15) is 322 Å². The lowest BCUT2D eigenvalue weighted by atomic mass is 10.0. The van der Waals surface area contributed by atoms with Crippen LogP contribution in [-0.2, 0) is 14.3 Å². The van der Waals surface area contributed by atoms with Gasteiger partial charge in [-0.1, -0.05) is 262 Å². The predicted octanol–water partition coefficient (Wildman–Crippen LogP) is 18.8. The first kappa shape index (κ1) is 66.1. The number of rotatable bonds is 56. The Balaban J connectivity index is 3.36. The number of esters is 1. The standard InChI is InChI=1S/C62H117NO5/c1-3-5-7-9-11-13-14-15-29-33-36-40-44-48-52-56-62(67)68-57-53-49-45-41-37-34-31-28-26-24-22-20-18-16-17-19-21-23-25-27-30-32-35-39-43-47-51-55-61(66)63-59(58-64)60(65)54-50-46-42-38-12-10-8-6-4-2/h11,13,15-17,29,59-60,64-65H,3-10,12,14,18-28,30-58H2,1-2H3,(H,63,66)/b13-11-,17-16-,29-15-. The molecule has 0 spiro atoms. The van der Waals surface area contributed by atoms with Gasteiger partial charge in [0, 0.05) is 12.8 Å². The Morgan fingerprint density at radius 3 is 1.16 bits per heavy atom. The molecule has 6 heteroatoms. The minimum Gasteiger partial charge on any atom is -0.466 e. The Kier molecular flexibility index (Phi) is 56.0. The third-order valence-electron chi connectivity index (χ3n) is 13.9. The highest BCUT2D eigenvalue weighted by atomic mass is 16.5. The van der Waals surface area contributed by atoms with Crippen molar-refractivity contribution in [1.82, 2.24) is 5.32 Å². The first-order valence-electron chi connectivity index (χ1n) is 30.2. The monoisotopic (exact) mass is 956 g/mol. The minimum absolute atomic E-state index is 0.000815. The Morgan fingerprint density at radius 1 is 0.412 bits per heavy atom. The summed E-state index contributed by atoms with van der Waals surface area (Å²) in [5, 5.41) is 23.1. The molecular formula is C62H117NO5. The maximum absolute atomic E-state index is 12.4. The molecule has 1 amide bonds. The number of aliphatic hydroxyl groups excluding tert-OH is 2. The van der Waals surface area contributed by atoms with E-state index in [4.69, 9.17) is 4.74 Å². The van der Waals surface area contributed by atoms with Crippen LogP contribution in [0.5, 0.6) is 0 Å². The van der Waals surface area contributed by atoms with Crippen molar-refractivity contribution >= 4 is 11.9 Å². The molecule has 68 heavy (non-hydrogen) atoms. The van der Waals surface area contributed by atoms with Crippen LogP contribution in [0.25, 0.3) is 0 Å². The fourth-order valence-corrected chi connectivity index (χ4v) is 9.25. The molecule has 0 aromatic carbocycles. The van der Waals surface area contributed by atoms with E-state index in [-0.39, 0.29) is 18.5 Å². The van der Waals surface area contributed by atoms with Gasteiger partial charge in [-0.05, 0) is 83.5 Å². The van der Waals surface area contributed by atoms with Crippen molar-refractivity contribution in [3.05, 3.63) is 36.5 Å². The summed E-state index contributed by atoms with van der Waals surface area (Å²) in [6.45, 7) is 4.91. The van der Waals surface area contributed by atoms with Crippen molar-refractivity contribution < 1.29 is 24.5 Å². The molecule has 0 aromatic heterocycles. The van der Waals surface area contributed by atoms with Crippen molar-refractivity contribution in [2.75, 3.05) is 13.2 Å². The molecule has 0 aliphatic heterocycles. The summed E-state index contributed by atoms with van der Waals surface area (Å²) in [4.78, 5) is 24.5. The maximum Gasteiger partial charge on any atom is 0.305 e. The summed E-state index contributed by atoms with van der Waals surface area (Å²) in [5.41, 5.74) is 0. The van der Waals surface area contributed by atoms with Gasteiger partial charge in [-0.25, -0.2) is 0 Å². The Labute approximate surface area is 424 Å².